The summed E-state index contributed by atoms with van der Waals surface area (Å²) in [6.07, 6.45) is 0.864. The van der Waals surface area contributed by atoms with Gasteiger partial charge >= 0.3 is 5.69 Å². The molecule has 0 spiro atoms. The highest BCUT2D eigenvalue weighted by molar-refractivity contribution is 5.49. The zero-order valence-electron chi connectivity index (χ0n) is 9.57. The summed E-state index contributed by atoms with van der Waals surface area (Å²) in [7, 11) is 0. The molecule has 6 heteroatoms. The molecule has 0 saturated carbocycles. The van der Waals surface area contributed by atoms with Gasteiger partial charge in [0.15, 0.2) is 0 Å². The monoisotopic (exact) mass is 228 g/mol. The number of pyridine rings is 1. The molecular formula is C10H13FN2O3. The van der Waals surface area contributed by atoms with E-state index in [4.69, 9.17) is 4.74 Å². The van der Waals surface area contributed by atoms with Gasteiger partial charge in [-0.15, -0.1) is 0 Å². The van der Waals surface area contributed by atoms with Crippen molar-refractivity contribution in [1.29, 1.82) is 0 Å². The summed E-state index contributed by atoms with van der Waals surface area (Å²) in [6.45, 7) is 6.59. The van der Waals surface area contributed by atoms with Crippen LogP contribution in [0, 0.1) is 23.0 Å². The van der Waals surface area contributed by atoms with Crippen molar-refractivity contribution in [3.8, 4) is 5.75 Å². The molecular weight excluding hydrogens is 215 g/mol. The molecule has 0 aromatic carbocycles. The van der Waals surface area contributed by atoms with Crippen molar-refractivity contribution in [3.63, 3.8) is 0 Å². The first-order chi connectivity index (χ1) is 7.22. The van der Waals surface area contributed by atoms with E-state index in [-0.39, 0.29) is 17.0 Å². The summed E-state index contributed by atoms with van der Waals surface area (Å²) in [5.41, 5.74) is -0.915. The van der Waals surface area contributed by atoms with Crippen LogP contribution in [0.1, 0.15) is 26.3 Å². The molecule has 0 aliphatic heterocycles. The molecule has 1 heterocycles. The number of rotatable bonds is 2. The third-order valence-electron chi connectivity index (χ3n) is 1.79. The molecule has 1 aromatic rings. The quantitative estimate of drug-likeness (QED) is 0.443. The molecule has 1 rings (SSSR count). The highest BCUT2D eigenvalue weighted by Crippen LogP contribution is 2.33. The average molecular weight is 228 g/mol. The van der Waals surface area contributed by atoms with Gasteiger partial charge in [-0.2, -0.15) is 4.39 Å². The van der Waals surface area contributed by atoms with Crippen LogP contribution in [-0.2, 0) is 0 Å². The number of hydrogen-bond acceptors (Lipinski definition) is 4. The van der Waals surface area contributed by atoms with Gasteiger partial charge in [0, 0.05) is 0 Å². The van der Waals surface area contributed by atoms with Crippen molar-refractivity contribution < 1.29 is 14.1 Å². The van der Waals surface area contributed by atoms with Crippen molar-refractivity contribution in [2.75, 3.05) is 0 Å². The summed E-state index contributed by atoms with van der Waals surface area (Å²) in [5.74, 6) is -0.824. The largest absolute Gasteiger partial charge is 0.481 e. The van der Waals surface area contributed by atoms with Gasteiger partial charge in [-0.05, 0) is 27.7 Å². The molecule has 0 atom stereocenters. The Labute approximate surface area is 92.4 Å². The van der Waals surface area contributed by atoms with E-state index < -0.39 is 16.5 Å². The second kappa shape index (κ2) is 4.03. The molecule has 1 aromatic heterocycles. The fourth-order valence-electron chi connectivity index (χ4n) is 1.12. The Morgan fingerprint density at radius 2 is 2.06 bits per heavy atom. The lowest BCUT2D eigenvalue weighted by Gasteiger charge is -2.22. The fraction of sp³-hybridized carbons (Fsp3) is 0.500. The molecule has 0 amide bonds. The van der Waals surface area contributed by atoms with E-state index in [1.165, 1.54) is 6.92 Å². The molecule has 0 fully saturated rings. The standard InChI is InChI=1S/C10H13FN2O3/c1-6-8(16-10(2,3)4)7(13(14)15)5-12-9(6)11/h5H,1-4H3. The van der Waals surface area contributed by atoms with E-state index >= 15 is 0 Å². The number of aromatic nitrogens is 1. The van der Waals surface area contributed by atoms with Gasteiger partial charge in [-0.1, -0.05) is 0 Å². The van der Waals surface area contributed by atoms with E-state index in [0.717, 1.165) is 6.20 Å². The number of nitrogens with zero attached hydrogens (tertiary/aromatic N) is 2. The van der Waals surface area contributed by atoms with E-state index in [1.54, 1.807) is 20.8 Å². The molecule has 0 unspecified atom stereocenters. The Bertz CT molecular complexity index is 427. The number of ether oxygens (including phenoxy) is 1. The zero-order chi connectivity index (χ0) is 12.5. The predicted octanol–water partition coefficient (Wildman–Crippen LogP) is 2.61. The molecule has 5 nitrogen and oxygen atoms in total. The van der Waals surface area contributed by atoms with Crippen LogP contribution < -0.4 is 4.74 Å². The lowest BCUT2D eigenvalue weighted by Crippen LogP contribution is -2.24. The van der Waals surface area contributed by atoms with Crippen LogP contribution in [0.4, 0.5) is 10.1 Å². The summed E-state index contributed by atoms with van der Waals surface area (Å²) >= 11 is 0. The predicted molar refractivity (Wildman–Crippen MR) is 56.0 cm³/mol. The van der Waals surface area contributed by atoms with Crippen molar-refractivity contribution in [2.24, 2.45) is 0 Å². The third kappa shape index (κ3) is 2.65. The smallest absolute Gasteiger partial charge is 0.329 e. The number of nitro groups is 1. The van der Waals surface area contributed by atoms with Gasteiger partial charge < -0.3 is 4.74 Å². The van der Waals surface area contributed by atoms with E-state index in [1.807, 2.05) is 0 Å². The second-order valence-electron chi connectivity index (χ2n) is 4.36. The van der Waals surface area contributed by atoms with Gasteiger partial charge in [0.1, 0.15) is 11.8 Å². The average Bonchev–Trinajstić information content (AvgIpc) is 2.10. The van der Waals surface area contributed by atoms with E-state index in [9.17, 15) is 14.5 Å². The highest BCUT2D eigenvalue weighted by atomic mass is 19.1. The Morgan fingerprint density at radius 3 is 2.50 bits per heavy atom. The first-order valence-electron chi connectivity index (χ1n) is 4.71. The number of hydrogen-bond donors (Lipinski definition) is 0. The van der Waals surface area contributed by atoms with Gasteiger partial charge in [-0.25, -0.2) is 4.98 Å². The SMILES string of the molecule is Cc1c(F)ncc([N+](=O)[O-])c1OC(C)(C)C. The Balaban J connectivity index is 3.32. The van der Waals surface area contributed by atoms with Crippen LogP contribution in [0.15, 0.2) is 6.20 Å². The van der Waals surface area contributed by atoms with E-state index in [2.05, 4.69) is 4.98 Å². The molecule has 16 heavy (non-hydrogen) atoms. The summed E-state index contributed by atoms with van der Waals surface area (Å²) in [5, 5.41) is 10.7. The minimum Gasteiger partial charge on any atom is -0.481 e. The lowest BCUT2D eigenvalue weighted by molar-refractivity contribution is -0.386. The van der Waals surface area contributed by atoms with Gasteiger partial charge in [0.2, 0.25) is 11.7 Å². The summed E-state index contributed by atoms with van der Waals surface area (Å²) in [4.78, 5) is 13.4. The van der Waals surface area contributed by atoms with Gasteiger partial charge in [-0.3, -0.25) is 10.1 Å². The van der Waals surface area contributed by atoms with Crippen molar-refractivity contribution >= 4 is 5.69 Å². The second-order valence-corrected chi connectivity index (χ2v) is 4.36. The third-order valence-corrected chi connectivity index (χ3v) is 1.79. The van der Waals surface area contributed by atoms with Gasteiger partial charge in [0.05, 0.1) is 10.5 Å². The maximum atomic E-state index is 13.2. The minimum absolute atomic E-state index is 0.0455. The van der Waals surface area contributed by atoms with Crippen molar-refractivity contribution in [2.45, 2.75) is 33.3 Å². The van der Waals surface area contributed by atoms with Crippen LogP contribution in [-0.4, -0.2) is 15.5 Å². The molecule has 0 radical (unpaired) electrons. The Morgan fingerprint density at radius 1 is 1.50 bits per heavy atom. The maximum Gasteiger partial charge on any atom is 0.329 e. The first-order valence-corrected chi connectivity index (χ1v) is 4.71. The van der Waals surface area contributed by atoms with Crippen LogP contribution in [0.25, 0.3) is 0 Å². The maximum absolute atomic E-state index is 13.2. The van der Waals surface area contributed by atoms with Crippen LogP contribution >= 0.6 is 0 Å². The normalized spacial score (nSPS) is 11.3. The van der Waals surface area contributed by atoms with Crippen molar-refractivity contribution in [1.82, 2.24) is 4.98 Å². The molecule has 0 saturated heterocycles. The van der Waals surface area contributed by atoms with E-state index in [0.29, 0.717) is 0 Å². The molecule has 88 valence electrons. The topological polar surface area (TPSA) is 65.3 Å². The first kappa shape index (κ1) is 12.4. The zero-order valence-corrected chi connectivity index (χ0v) is 9.57. The van der Waals surface area contributed by atoms with Gasteiger partial charge in [0.25, 0.3) is 0 Å². The van der Waals surface area contributed by atoms with Crippen molar-refractivity contribution in [3.05, 3.63) is 27.8 Å². The molecule has 0 aliphatic rings. The Hall–Kier alpha value is -1.72. The van der Waals surface area contributed by atoms with Crippen LogP contribution in [0.5, 0.6) is 5.75 Å². The van der Waals surface area contributed by atoms with Crippen LogP contribution in [0.2, 0.25) is 0 Å². The highest BCUT2D eigenvalue weighted by Gasteiger charge is 2.25. The summed E-state index contributed by atoms with van der Waals surface area (Å²) < 4.78 is 18.6. The molecule has 0 aliphatic carbocycles. The summed E-state index contributed by atoms with van der Waals surface area (Å²) in [6, 6.07) is 0. The lowest BCUT2D eigenvalue weighted by atomic mass is 10.1. The minimum atomic E-state index is -0.759. The van der Waals surface area contributed by atoms with Crippen LogP contribution in [0.3, 0.4) is 0 Å². The Kier molecular flexibility index (Phi) is 3.11. The molecule has 0 N–H and O–H groups in total. The fourth-order valence-corrected chi connectivity index (χ4v) is 1.12. The number of halogens is 1. The molecule has 0 bridgehead atoms.